The predicted octanol–water partition coefficient (Wildman–Crippen LogP) is 3.72. The van der Waals surface area contributed by atoms with Gasteiger partial charge in [0.05, 0.1) is 17.0 Å². The molecular weight excluding hydrogens is 415 g/mol. The Morgan fingerprint density at radius 2 is 1.90 bits per heavy atom. The minimum absolute atomic E-state index is 0.00168. The van der Waals surface area contributed by atoms with Gasteiger partial charge < -0.3 is 5.11 Å². The molecule has 1 aromatic heterocycles. The van der Waals surface area contributed by atoms with E-state index in [1.165, 1.54) is 22.5 Å². The van der Waals surface area contributed by atoms with Gasteiger partial charge in [-0.05, 0) is 36.2 Å². The van der Waals surface area contributed by atoms with E-state index >= 15 is 0 Å². The van der Waals surface area contributed by atoms with Gasteiger partial charge in [0, 0.05) is 35.1 Å². The zero-order valence-electron chi connectivity index (χ0n) is 15.2. The number of pyridine rings is 1. The fraction of sp³-hybridized carbons (Fsp3) is 0.190. The summed E-state index contributed by atoms with van der Waals surface area (Å²) in [4.78, 5) is 4.08. The van der Waals surface area contributed by atoms with E-state index in [1.54, 1.807) is 48.8 Å². The van der Waals surface area contributed by atoms with Crippen molar-refractivity contribution in [3.63, 3.8) is 0 Å². The molecule has 29 heavy (non-hydrogen) atoms. The number of hydrogen-bond donors (Lipinski definition) is 1. The second-order valence-electron chi connectivity index (χ2n) is 6.87. The Balaban J connectivity index is 1.83. The van der Waals surface area contributed by atoms with Crippen molar-refractivity contribution < 1.29 is 17.9 Å². The lowest BCUT2D eigenvalue weighted by atomic mass is 9.95. The molecule has 0 saturated carbocycles. The second-order valence-corrected chi connectivity index (χ2v) is 9.13. The lowest BCUT2D eigenvalue weighted by Gasteiger charge is -2.39. The molecule has 2 heterocycles. The Morgan fingerprint density at radius 1 is 1.10 bits per heavy atom. The van der Waals surface area contributed by atoms with Crippen molar-refractivity contribution in [2.75, 3.05) is 0 Å². The van der Waals surface area contributed by atoms with Crippen LogP contribution in [-0.4, -0.2) is 28.9 Å². The number of aromatic nitrogens is 1. The van der Waals surface area contributed by atoms with Crippen LogP contribution in [0.1, 0.15) is 22.8 Å². The van der Waals surface area contributed by atoms with E-state index < -0.39 is 28.0 Å². The fourth-order valence-corrected chi connectivity index (χ4v) is 5.75. The summed E-state index contributed by atoms with van der Waals surface area (Å²) in [6, 6.07) is 13.2. The van der Waals surface area contributed by atoms with Crippen molar-refractivity contribution in [3.8, 4) is 0 Å². The highest BCUT2D eigenvalue weighted by atomic mass is 35.5. The fourth-order valence-electron chi connectivity index (χ4n) is 3.65. The van der Waals surface area contributed by atoms with E-state index in [0.29, 0.717) is 11.1 Å². The maximum Gasteiger partial charge on any atom is 0.244 e. The zero-order valence-corrected chi connectivity index (χ0v) is 16.8. The highest BCUT2D eigenvalue weighted by Gasteiger charge is 2.44. The molecule has 1 N–H and O–H groups in total. The van der Waals surface area contributed by atoms with Gasteiger partial charge in [0.1, 0.15) is 5.82 Å². The number of nitrogens with zero attached hydrogens (tertiary/aromatic N) is 2. The van der Waals surface area contributed by atoms with Gasteiger partial charge in [-0.1, -0.05) is 41.9 Å². The van der Waals surface area contributed by atoms with Crippen molar-refractivity contribution in [2.45, 2.75) is 30.0 Å². The molecule has 1 aliphatic rings. The third-order valence-electron chi connectivity index (χ3n) is 5.09. The molecule has 0 amide bonds. The van der Waals surface area contributed by atoms with Gasteiger partial charge >= 0.3 is 0 Å². The number of hydrogen-bond acceptors (Lipinski definition) is 4. The monoisotopic (exact) mass is 432 g/mol. The third-order valence-corrected chi connectivity index (χ3v) is 7.39. The molecular formula is C21H18ClFN2O3S. The van der Waals surface area contributed by atoms with Gasteiger partial charge in [-0.25, -0.2) is 12.8 Å². The third kappa shape index (κ3) is 3.67. The minimum Gasteiger partial charge on any atom is -0.387 e. The summed E-state index contributed by atoms with van der Waals surface area (Å²) in [5.74, 6) is -0.540. The van der Waals surface area contributed by atoms with Crippen LogP contribution in [0.3, 0.4) is 0 Å². The SMILES string of the molecule is O=S1(=O)c2ccccc2[C@@H](O)[C@@H](Cc2c(F)cccc2Cl)N1Cc1cccnc1. The van der Waals surface area contributed by atoms with E-state index in [1.807, 2.05) is 0 Å². The zero-order chi connectivity index (χ0) is 20.6. The molecule has 0 aliphatic carbocycles. The second kappa shape index (κ2) is 7.84. The predicted molar refractivity (Wildman–Crippen MR) is 107 cm³/mol. The summed E-state index contributed by atoms with van der Waals surface area (Å²) in [5, 5.41) is 11.2. The lowest BCUT2D eigenvalue weighted by molar-refractivity contribution is 0.0765. The molecule has 8 heteroatoms. The van der Waals surface area contributed by atoms with Crippen molar-refractivity contribution in [2.24, 2.45) is 0 Å². The maximum atomic E-state index is 14.4. The average Bonchev–Trinajstić information content (AvgIpc) is 2.72. The standard InChI is InChI=1S/C21H18ClFN2O3S/c22-17-7-3-8-18(23)16(17)11-19-21(26)15-6-1-2-9-20(15)29(27,28)25(19)13-14-5-4-10-24-12-14/h1-10,12,19,21,26H,11,13H2/t19-,21-/m1/s1. The van der Waals surface area contributed by atoms with E-state index in [4.69, 9.17) is 11.6 Å². The first-order valence-corrected chi connectivity index (χ1v) is 10.8. The Kier molecular flexibility index (Phi) is 5.40. The molecule has 2 atom stereocenters. The van der Waals surface area contributed by atoms with Gasteiger partial charge in [-0.3, -0.25) is 4.98 Å². The molecule has 0 spiro atoms. The Hall–Kier alpha value is -2.32. The van der Waals surface area contributed by atoms with Crippen LogP contribution >= 0.6 is 11.6 Å². The van der Waals surface area contributed by atoms with Crippen LogP contribution in [0.25, 0.3) is 0 Å². The van der Waals surface area contributed by atoms with Crippen LogP contribution in [0.4, 0.5) is 4.39 Å². The molecule has 1 aliphatic heterocycles. The summed E-state index contributed by atoms with van der Waals surface area (Å²) in [6.07, 6.45) is 1.95. The summed E-state index contributed by atoms with van der Waals surface area (Å²) in [6.45, 7) is -0.00168. The largest absolute Gasteiger partial charge is 0.387 e. The van der Waals surface area contributed by atoms with Gasteiger partial charge in [0.25, 0.3) is 0 Å². The van der Waals surface area contributed by atoms with Crippen molar-refractivity contribution >= 4 is 21.6 Å². The number of rotatable bonds is 4. The van der Waals surface area contributed by atoms with Crippen LogP contribution in [0, 0.1) is 5.82 Å². The van der Waals surface area contributed by atoms with Gasteiger partial charge in [0.15, 0.2) is 0 Å². The Labute approximate surface area is 173 Å². The van der Waals surface area contributed by atoms with Crippen LogP contribution in [0.5, 0.6) is 0 Å². The maximum absolute atomic E-state index is 14.4. The normalized spacial score (nSPS) is 20.9. The number of halogens is 2. The first-order valence-electron chi connectivity index (χ1n) is 9.00. The molecule has 0 fully saturated rings. The number of aliphatic hydroxyl groups is 1. The van der Waals surface area contributed by atoms with Crippen LogP contribution in [-0.2, 0) is 23.0 Å². The van der Waals surface area contributed by atoms with Crippen LogP contribution in [0.15, 0.2) is 71.9 Å². The lowest BCUT2D eigenvalue weighted by Crippen LogP contribution is -2.48. The molecule has 3 aromatic rings. The smallest absolute Gasteiger partial charge is 0.244 e. The topological polar surface area (TPSA) is 70.5 Å². The molecule has 0 bridgehead atoms. The summed E-state index contributed by atoms with van der Waals surface area (Å²) < 4.78 is 42.4. The van der Waals surface area contributed by atoms with E-state index in [-0.39, 0.29) is 28.4 Å². The minimum atomic E-state index is -3.93. The van der Waals surface area contributed by atoms with E-state index in [9.17, 15) is 17.9 Å². The number of benzene rings is 2. The van der Waals surface area contributed by atoms with Crippen molar-refractivity contribution in [1.82, 2.24) is 9.29 Å². The van der Waals surface area contributed by atoms with Gasteiger partial charge in [-0.15, -0.1) is 0 Å². The van der Waals surface area contributed by atoms with Gasteiger partial charge in [0.2, 0.25) is 10.0 Å². The van der Waals surface area contributed by atoms with E-state index in [2.05, 4.69) is 4.98 Å². The number of aliphatic hydroxyl groups excluding tert-OH is 1. The van der Waals surface area contributed by atoms with Crippen molar-refractivity contribution in [3.05, 3.63) is 94.5 Å². The summed E-state index contributed by atoms with van der Waals surface area (Å²) in [7, 11) is -3.93. The average molecular weight is 433 g/mol. The molecule has 5 nitrogen and oxygen atoms in total. The Morgan fingerprint density at radius 3 is 2.62 bits per heavy atom. The molecule has 2 aromatic carbocycles. The summed E-state index contributed by atoms with van der Waals surface area (Å²) >= 11 is 6.18. The summed E-state index contributed by atoms with van der Waals surface area (Å²) in [5.41, 5.74) is 1.13. The highest BCUT2D eigenvalue weighted by molar-refractivity contribution is 7.89. The first kappa shape index (κ1) is 20.0. The van der Waals surface area contributed by atoms with Crippen molar-refractivity contribution in [1.29, 1.82) is 0 Å². The molecule has 0 unspecified atom stereocenters. The van der Waals surface area contributed by atoms with E-state index in [0.717, 1.165) is 0 Å². The number of fused-ring (bicyclic) bond motifs is 1. The molecule has 4 rings (SSSR count). The van der Waals surface area contributed by atoms with Crippen LogP contribution < -0.4 is 0 Å². The molecule has 0 saturated heterocycles. The van der Waals surface area contributed by atoms with Gasteiger partial charge in [-0.2, -0.15) is 4.31 Å². The molecule has 0 radical (unpaired) electrons. The van der Waals surface area contributed by atoms with Crippen LogP contribution in [0.2, 0.25) is 5.02 Å². The molecule has 150 valence electrons. The highest BCUT2D eigenvalue weighted by Crippen LogP contribution is 2.39. The number of sulfonamides is 1. The Bertz CT molecular complexity index is 1120. The quantitative estimate of drug-likeness (QED) is 0.682. The first-order chi connectivity index (χ1) is 13.9.